The molecular formula is C17H15F2NO4. The van der Waals surface area contributed by atoms with Crippen molar-refractivity contribution in [1.82, 2.24) is 5.32 Å². The molecule has 0 aliphatic carbocycles. The van der Waals surface area contributed by atoms with Gasteiger partial charge in [-0.05, 0) is 11.6 Å². The van der Waals surface area contributed by atoms with E-state index in [0.29, 0.717) is 0 Å². The van der Waals surface area contributed by atoms with Crippen molar-refractivity contribution in [3.05, 3.63) is 71.3 Å². The van der Waals surface area contributed by atoms with E-state index < -0.39 is 36.2 Å². The molecule has 1 amide bonds. The monoisotopic (exact) mass is 335 g/mol. The molecule has 2 aromatic carbocycles. The van der Waals surface area contributed by atoms with Crippen molar-refractivity contribution in [2.75, 3.05) is 0 Å². The minimum atomic E-state index is -1.27. The third-order valence-electron chi connectivity index (χ3n) is 3.24. The fourth-order valence-corrected chi connectivity index (χ4v) is 2.11. The van der Waals surface area contributed by atoms with Gasteiger partial charge in [-0.1, -0.05) is 42.5 Å². The van der Waals surface area contributed by atoms with Crippen LogP contribution in [0.15, 0.2) is 48.5 Å². The third kappa shape index (κ3) is 4.77. The van der Waals surface area contributed by atoms with Crippen LogP contribution in [0, 0.1) is 11.6 Å². The van der Waals surface area contributed by atoms with Crippen molar-refractivity contribution in [2.24, 2.45) is 0 Å². The quantitative estimate of drug-likeness (QED) is 0.848. The molecule has 5 nitrogen and oxygen atoms in total. The van der Waals surface area contributed by atoms with Crippen molar-refractivity contribution in [3.63, 3.8) is 0 Å². The molecule has 2 aromatic rings. The number of carbonyl (C=O) groups is 2. The fraction of sp³-hybridized carbons (Fsp3) is 0.176. The summed E-state index contributed by atoms with van der Waals surface area (Å²) in [7, 11) is 0. The Kier molecular flexibility index (Phi) is 5.83. The summed E-state index contributed by atoms with van der Waals surface area (Å²) in [6.45, 7) is -0.0297. The Hall–Kier alpha value is -2.96. The van der Waals surface area contributed by atoms with Crippen molar-refractivity contribution in [1.29, 1.82) is 0 Å². The highest BCUT2D eigenvalue weighted by Gasteiger charge is 2.23. The van der Waals surface area contributed by atoms with Gasteiger partial charge in [-0.15, -0.1) is 0 Å². The number of hydrogen-bond acceptors (Lipinski definition) is 3. The fourth-order valence-electron chi connectivity index (χ4n) is 2.11. The van der Waals surface area contributed by atoms with Crippen LogP contribution < -0.4 is 5.32 Å². The number of rotatable bonds is 6. The van der Waals surface area contributed by atoms with E-state index in [-0.39, 0.29) is 12.2 Å². The first kappa shape index (κ1) is 17.4. The van der Waals surface area contributed by atoms with Crippen molar-refractivity contribution >= 4 is 12.1 Å². The van der Waals surface area contributed by atoms with E-state index in [1.807, 2.05) is 0 Å². The highest BCUT2D eigenvalue weighted by molar-refractivity contribution is 5.72. The molecule has 126 valence electrons. The molecule has 2 rings (SSSR count). The summed E-state index contributed by atoms with van der Waals surface area (Å²) in [5, 5.41) is 11.2. The van der Waals surface area contributed by atoms with Gasteiger partial charge in [0.1, 0.15) is 6.61 Å². The first-order chi connectivity index (χ1) is 11.5. The van der Waals surface area contributed by atoms with Gasteiger partial charge in [0.25, 0.3) is 0 Å². The molecule has 24 heavy (non-hydrogen) atoms. The van der Waals surface area contributed by atoms with Gasteiger partial charge in [0.15, 0.2) is 11.6 Å². The lowest BCUT2D eigenvalue weighted by molar-refractivity contribution is -0.137. The standard InChI is InChI=1S/C17H15F2NO4/c18-13-8-4-7-12(16(13)19)14(9-15(21)22)20-17(23)24-10-11-5-2-1-3-6-11/h1-8,14H,9-10H2,(H,20,23)(H,21,22)/t14-/m0/s1. The molecular weight excluding hydrogens is 320 g/mol. The van der Waals surface area contributed by atoms with Crippen LogP contribution in [-0.4, -0.2) is 17.2 Å². The van der Waals surface area contributed by atoms with Gasteiger partial charge in [0.05, 0.1) is 12.5 Å². The Morgan fingerprint density at radius 1 is 1.08 bits per heavy atom. The molecule has 0 aliphatic heterocycles. The highest BCUT2D eigenvalue weighted by Crippen LogP contribution is 2.22. The number of carboxylic acids is 1. The first-order valence-corrected chi connectivity index (χ1v) is 7.10. The summed E-state index contributed by atoms with van der Waals surface area (Å²) < 4.78 is 32.1. The van der Waals surface area contributed by atoms with Gasteiger partial charge in [-0.2, -0.15) is 0 Å². The van der Waals surface area contributed by atoms with Crippen LogP contribution in [0.25, 0.3) is 0 Å². The van der Waals surface area contributed by atoms with Gasteiger partial charge in [-0.3, -0.25) is 4.79 Å². The second-order valence-electron chi connectivity index (χ2n) is 5.00. The van der Waals surface area contributed by atoms with Crippen LogP contribution in [0.5, 0.6) is 0 Å². The maximum atomic E-state index is 13.8. The second-order valence-corrected chi connectivity index (χ2v) is 5.00. The minimum Gasteiger partial charge on any atom is -0.481 e. The Labute approximate surface area is 136 Å². The molecule has 0 radical (unpaired) electrons. The third-order valence-corrected chi connectivity index (χ3v) is 3.24. The Morgan fingerprint density at radius 3 is 2.46 bits per heavy atom. The molecule has 0 aromatic heterocycles. The van der Waals surface area contributed by atoms with E-state index in [1.54, 1.807) is 30.3 Å². The zero-order chi connectivity index (χ0) is 17.5. The summed E-state index contributed by atoms with van der Waals surface area (Å²) in [5.41, 5.74) is 0.480. The molecule has 0 saturated heterocycles. The lowest BCUT2D eigenvalue weighted by Gasteiger charge is -2.18. The summed E-state index contributed by atoms with van der Waals surface area (Å²) in [5.74, 6) is -3.60. The Morgan fingerprint density at radius 2 is 1.79 bits per heavy atom. The van der Waals surface area contributed by atoms with E-state index in [2.05, 4.69) is 5.32 Å². The number of aliphatic carboxylic acids is 1. The van der Waals surface area contributed by atoms with Crippen LogP contribution in [0.1, 0.15) is 23.6 Å². The van der Waals surface area contributed by atoms with Crippen LogP contribution >= 0.6 is 0 Å². The average molecular weight is 335 g/mol. The van der Waals surface area contributed by atoms with Crippen molar-refractivity contribution < 1.29 is 28.2 Å². The SMILES string of the molecule is O=C(O)C[C@H](NC(=O)OCc1ccccc1)c1cccc(F)c1F. The van der Waals surface area contributed by atoms with Gasteiger partial charge >= 0.3 is 12.1 Å². The van der Waals surface area contributed by atoms with E-state index in [9.17, 15) is 18.4 Å². The predicted octanol–water partition coefficient (Wildman–Crippen LogP) is 3.41. The molecule has 0 aliphatic rings. The van der Waals surface area contributed by atoms with Crippen LogP contribution in [0.3, 0.4) is 0 Å². The number of hydrogen-bond donors (Lipinski definition) is 2. The maximum absolute atomic E-state index is 13.8. The lowest BCUT2D eigenvalue weighted by Crippen LogP contribution is -2.31. The topological polar surface area (TPSA) is 75.6 Å². The maximum Gasteiger partial charge on any atom is 0.407 e. The molecule has 0 saturated carbocycles. The lowest BCUT2D eigenvalue weighted by atomic mass is 10.0. The van der Waals surface area contributed by atoms with E-state index in [0.717, 1.165) is 11.6 Å². The Bertz CT molecular complexity index is 722. The summed E-state index contributed by atoms with van der Waals surface area (Å²) in [6.07, 6.45) is -1.53. The number of alkyl carbamates (subject to hydrolysis) is 1. The number of ether oxygens (including phenoxy) is 1. The Balaban J connectivity index is 2.07. The number of carboxylic acid groups (broad SMARTS) is 1. The summed E-state index contributed by atoms with van der Waals surface area (Å²) in [6, 6.07) is 10.9. The van der Waals surface area contributed by atoms with Crippen molar-refractivity contribution in [2.45, 2.75) is 19.1 Å². The van der Waals surface area contributed by atoms with E-state index in [1.165, 1.54) is 12.1 Å². The van der Waals surface area contributed by atoms with Crippen LogP contribution in [-0.2, 0) is 16.1 Å². The largest absolute Gasteiger partial charge is 0.481 e. The van der Waals surface area contributed by atoms with Gasteiger partial charge in [0.2, 0.25) is 0 Å². The molecule has 7 heteroatoms. The number of carbonyl (C=O) groups excluding carboxylic acids is 1. The molecule has 2 N–H and O–H groups in total. The van der Waals surface area contributed by atoms with E-state index in [4.69, 9.17) is 9.84 Å². The minimum absolute atomic E-state index is 0.0297. The molecule has 0 fully saturated rings. The zero-order valence-corrected chi connectivity index (χ0v) is 12.5. The molecule has 1 atom stereocenters. The van der Waals surface area contributed by atoms with E-state index >= 15 is 0 Å². The molecule has 0 spiro atoms. The smallest absolute Gasteiger partial charge is 0.407 e. The molecule has 0 heterocycles. The first-order valence-electron chi connectivity index (χ1n) is 7.10. The number of nitrogens with one attached hydrogen (secondary N) is 1. The van der Waals surface area contributed by atoms with Crippen LogP contribution in [0.2, 0.25) is 0 Å². The van der Waals surface area contributed by atoms with Gasteiger partial charge in [-0.25, -0.2) is 13.6 Å². The number of amides is 1. The highest BCUT2D eigenvalue weighted by atomic mass is 19.2. The van der Waals surface area contributed by atoms with Gasteiger partial charge in [0, 0.05) is 5.56 Å². The second kappa shape index (κ2) is 8.05. The summed E-state index contributed by atoms with van der Waals surface area (Å²) in [4.78, 5) is 22.8. The normalized spacial score (nSPS) is 11.6. The predicted molar refractivity (Wildman–Crippen MR) is 81.1 cm³/mol. The molecule has 0 unspecified atom stereocenters. The summed E-state index contributed by atoms with van der Waals surface area (Å²) >= 11 is 0. The number of halogens is 2. The average Bonchev–Trinajstić information content (AvgIpc) is 2.55. The number of benzene rings is 2. The van der Waals surface area contributed by atoms with Gasteiger partial charge < -0.3 is 15.2 Å². The zero-order valence-electron chi connectivity index (χ0n) is 12.5. The molecule has 0 bridgehead atoms. The van der Waals surface area contributed by atoms with Crippen molar-refractivity contribution in [3.8, 4) is 0 Å². The van der Waals surface area contributed by atoms with Crippen LogP contribution in [0.4, 0.5) is 13.6 Å².